The molecule has 2 N–H and O–H groups in total. The fraction of sp³-hybridized carbons (Fsp3) is 0.125. The molecule has 0 saturated carbocycles. The summed E-state index contributed by atoms with van der Waals surface area (Å²) in [6, 6.07) is 11.8. The second-order valence-corrected chi connectivity index (χ2v) is 5.31. The van der Waals surface area contributed by atoms with Gasteiger partial charge < -0.3 is 15.4 Å². The van der Waals surface area contributed by atoms with E-state index in [4.69, 9.17) is 4.74 Å². The zero-order valence-corrected chi connectivity index (χ0v) is 13.7. The highest BCUT2D eigenvalue weighted by atomic mass is 79.9. The van der Waals surface area contributed by atoms with Crippen LogP contribution in [0.25, 0.3) is 0 Å². The zero-order valence-electron chi connectivity index (χ0n) is 12.1. The number of rotatable bonds is 4. The average Bonchev–Trinajstić information content (AvgIpc) is 2.55. The maximum atomic E-state index is 12.3. The predicted molar refractivity (Wildman–Crippen MR) is 88.5 cm³/mol. The van der Waals surface area contributed by atoms with Crippen molar-refractivity contribution in [3.05, 3.63) is 58.1 Å². The predicted octanol–water partition coefficient (Wildman–Crippen LogP) is 3.07. The molecule has 22 heavy (non-hydrogen) atoms. The third-order valence-corrected chi connectivity index (χ3v) is 3.74. The first-order valence-electron chi connectivity index (χ1n) is 6.52. The lowest BCUT2D eigenvalue weighted by molar-refractivity contribution is 0.0962. The lowest BCUT2D eigenvalue weighted by Crippen LogP contribution is -2.18. The maximum absolute atomic E-state index is 12.3. The second kappa shape index (κ2) is 7.09. The third kappa shape index (κ3) is 3.65. The van der Waals surface area contributed by atoms with Crippen molar-refractivity contribution in [2.45, 2.75) is 0 Å². The summed E-state index contributed by atoms with van der Waals surface area (Å²) < 4.78 is 5.79. The Balaban J connectivity index is 2.17. The van der Waals surface area contributed by atoms with Gasteiger partial charge in [-0.15, -0.1) is 0 Å². The Bertz CT molecular complexity index is 699. The van der Waals surface area contributed by atoms with Crippen molar-refractivity contribution >= 4 is 33.4 Å². The van der Waals surface area contributed by atoms with Crippen LogP contribution in [0.15, 0.2) is 46.9 Å². The number of methoxy groups -OCH3 is 1. The van der Waals surface area contributed by atoms with Crippen molar-refractivity contribution < 1.29 is 14.3 Å². The van der Waals surface area contributed by atoms with Crippen molar-refractivity contribution in [1.82, 2.24) is 5.32 Å². The van der Waals surface area contributed by atoms with Crippen LogP contribution in [0.1, 0.15) is 20.7 Å². The largest absolute Gasteiger partial charge is 0.497 e. The van der Waals surface area contributed by atoms with E-state index in [0.29, 0.717) is 27.0 Å². The lowest BCUT2D eigenvalue weighted by Gasteiger charge is -2.09. The number of hydrogen-bond donors (Lipinski definition) is 2. The molecule has 0 fully saturated rings. The van der Waals surface area contributed by atoms with E-state index in [1.807, 2.05) is 0 Å². The van der Waals surface area contributed by atoms with E-state index in [1.165, 1.54) is 0 Å². The van der Waals surface area contributed by atoms with E-state index >= 15 is 0 Å². The van der Waals surface area contributed by atoms with Crippen LogP contribution in [0.2, 0.25) is 0 Å². The topological polar surface area (TPSA) is 67.4 Å². The highest BCUT2D eigenvalue weighted by Gasteiger charge is 2.12. The fourth-order valence-corrected chi connectivity index (χ4v) is 2.28. The Labute approximate surface area is 136 Å². The zero-order chi connectivity index (χ0) is 16.1. The van der Waals surface area contributed by atoms with Crippen molar-refractivity contribution in [2.24, 2.45) is 0 Å². The summed E-state index contributed by atoms with van der Waals surface area (Å²) in [5.41, 5.74) is 1.60. The molecular formula is C16H15BrN2O3. The summed E-state index contributed by atoms with van der Waals surface area (Å²) in [5.74, 6) is 0.162. The molecule has 2 rings (SSSR count). The summed E-state index contributed by atoms with van der Waals surface area (Å²) in [6.07, 6.45) is 0. The minimum absolute atomic E-state index is 0.173. The summed E-state index contributed by atoms with van der Waals surface area (Å²) in [7, 11) is 3.11. The van der Waals surface area contributed by atoms with Gasteiger partial charge in [0.2, 0.25) is 0 Å². The smallest absolute Gasteiger partial charge is 0.256 e. The van der Waals surface area contributed by atoms with Gasteiger partial charge in [-0.1, -0.05) is 0 Å². The van der Waals surface area contributed by atoms with Gasteiger partial charge in [0.25, 0.3) is 11.8 Å². The number of hydrogen-bond acceptors (Lipinski definition) is 3. The minimum atomic E-state index is -0.265. The summed E-state index contributed by atoms with van der Waals surface area (Å²) in [5, 5.41) is 5.32. The molecule has 2 amide bonds. The number of benzene rings is 2. The Kier molecular flexibility index (Phi) is 5.16. The van der Waals surface area contributed by atoms with E-state index in [2.05, 4.69) is 26.6 Å². The van der Waals surface area contributed by atoms with E-state index in [-0.39, 0.29) is 11.8 Å². The summed E-state index contributed by atoms with van der Waals surface area (Å²) >= 11 is 3.34. The van der Waals surface area contributed by atoms with Crippen LogP contribution in [0.4, 0.5) is 5.69 Å². The molecule has 0 spiro atoms. The van der Waals surface area contributed by atoms with Crippen LogP contribution in [-0.2, 0) is 0 Å². The van der Waals surface area contributed by atoms with E-state index in [1.54, 1.807) is 56.6 Å². The quantitative estimate of drug-likeness (QED) is 0.878. The number of amides is 2. The number of anilines is 1. The molecule has 2 aromatic carbocycles. The Morgan fingerprint density at radius 3 is 2.32 bits per heavy atom. The van der Waals surface area contributed by atoms with Gasteiger partial charge in [0.15, 0.2) is 0 Å². The first-order chi connectivity index (χ1) is 10.5. The summed E-state index contributed by atoms with van der Waals surface area (Å²) in [4.78, 5) is 23.8. The first kappa shape index (κ1) is 16.0. The second-order valence-electron chi connectivity index (χ2n) is 4.46. The van der Waals surface area contributed by atoms with Crippen molar-refractivity contribution in [1.29, 1.82) is 0 Å². The fourth-order valence-electron chi connectivity index (χ4n) is 1.85. The molecule has 5 nitrogen and oxygen atoms in total. The molecule has 6 heteroatoms. The highest BCUT2D eigenvalue weighted by molar-refractivity contribution is 9.10. The molecule has 0 heterocycles. The normalized spacial score (nSPS) is 9.95. The molecule has 0 bridgehead atoms. The number of halogens is 1. The minimum Gasteiger partial charge on any atom is -0.497 e. The van der Waals surface area contributed by atoms with Crippen LogP contribution in [0.5, 0.6) is 5.75 Å². The van der Waals surface area contributed by atoms with Crippen LogP contribution < -0.4 is 15.4 Å². The van der Waals surface area contributed by atoms with E-state index in [9.17, 15) is 9.59 Å². The van der Waals surface area contributed by atoms with Crippen molar-refractivity contribution in [3.8, 4) is 5.75 Å². The van der Waals surface area contributed by atoms with Crippen LogP contribution in [0.3, 0.4) is 0 Å². The van der Waals surface area contributed by atoms with E-state index in [0.717, 1.165) is 0 Å². The van der Waals surface area contributed by atoms with Gasteiger partial charge in [0, 0.05) is 22.8 Å². The van der Waals surface area contributed by atoms with E-state index < -0.39 is 0 Å². The molecule has 0 saturated heterocycles. The molecule has 0 aliphatic rings. The van der Waals surface area contributed by atoms with Gasteiger partial charge in [-0.2, -0.15) is 0 Å². The maximum Gasteiger partial charge on any atom is 0.256 e. The molecule has 0 aliphatic carbocycles. The van der Waals surface area contributed by atoms with Gasteiger partial charge >= 0.3 is 0 Å². The van der Waals surface area contributed by atoms with Gasteiger partial charge in [-0.25, -0.2) is 0 Å². The van der Waals surface area contributed by atoms with Crippen LogP contribution >= 0.6 is 15.9 Å². The molecule has 0 radical (unpaired) electrons. The average molecular weight is 363 g/mol. The molecule has 0 atom stereocenters. The van der Waals surface area contributed by atoms with Gasteiger partial charge in [0.05, 0.1) is 12.7 Å². The van der Waals surface area contributed by atoms with Crippen molar-refractivity contribution in [3.63, 3.8) is 0 Å². The Morgan fingerprint density at radius 1 is 1.05 bits per heavy atom. The van der Waals surface area contributed by atoms with Crippen molar-refractivity contribution in [2.75, 3.05) is 19.5 Å². The van der Waals surface area contributed by atoms with Gasteiger partial charge in [0.1, 0.15) is 5.75 Å². The number of carbonyl (C=O) groups excluding carboxylic acids is 2. The van der Waals surface area contributed by atoms with Crippen LogP contribution in [0, 0.1) is 0 Å². The van der Waals surface area contributed by atoms with Gasteiger partial charge in [-0.05, 0) is 58.4 Å². The number of carbonyl (C=O) groups is 2. The monoisotopic (exact) mass is 362 g/mol. The molecule has 0 aliphatic heterocycles. The Morgan fingerprint density at radius 2 is 1.73 bits per heavy atom. The molecule has 0 aromatic heterocycles. The molecule has 2 aromatic rings. The molecule has 114 valence electrons. The standard InChI is InChI=1S/C16H15BrN2O3/c1-18-15(20)10-3-5-11(6-4-10)19-16(21)13-9-12(22-2)7-8-14(13)17/h3-9H,1-2H3,(H,18,20)(H,19,21). The number of nitrogens with one attached hydrogen (secondary N) is 2. The SMILES string of the molecule is CNC(=O)c1ccc(NC(=O)c2cc(OC)ccc2Br)cc1. The molecular weight excluding hydrogens is 348 g/mol. The Hall–Kier alpha value is -2.34. The molecule has 0 unspecified atom stereocenters. The lowest BCUT2D eigenvalue weighted by atomic mass is 10.1. The number of ether oxygens (including phenoxy) is 1. The van der Waals surface area contributed by atoms with Crippen LogP contribution in [-0.4, -0.2) is 26.0 Å². The van der Waals surface area contributed by atoms with Gasteiger partial charge in [-0.3, -0.25) is 9.59 Å². The summed E-state index contributed by atoms with van der Waals surface area (Å²) in [6.45, 7) is 0. The third-order valence-electron chi connectivity index (χ3n) is 3.05. The highest BCUT2D eigenvalue weighted by Crippen LogP contribution is 2.23. The first-order valence-corrected chi connectivity index (χ1v) is 7.31.